The Hall–Kier alpha value is -0.810. The second kappa shape index (κ2) is 4.14. The highest BCUT2D eigenvalue weighted by Gasteiger charge is 2.29. The van der Waals surface area contributed by atoms with Gasteiger partial charge < -0.3 is 15.5 Å². The van der Waals surface area contributed by atoms with Crippen LogP contribution in [0.25, 0.3) is 11.0 Å². The lowest BCUT2D eigenvalue weighted by Gasteiger charge is -2.08. The molecular weight excluding hydrogens is 261 g/mol. The number of imidazole rings is 1. The highest BCUT2D eigenvalue weighted by Crippen LogP contribution is 2.29. The molecule has 3 N–H and O–H groups in total. The Labute approximate surface area is 108 Å². The summed E-state index contributed by atoms with van der Waals surface area (Å²) in [4.78, 5) is 7.71. The zero-order valence-electron chi connectivity index (χ0n) is 8.91. The fourth-order valence-corrected chi connectivity index (χ4v) is 2.37. The SMILES string of the molecule is NC1COCC1c1nc2cc(Cl)c(Cl)cc2[nH]1. The average Bonchev–Trinajstić information content (AvgIpc) is 2.85. The van der Waals surface area contributed by atoms with E-state index in [9.17, 15) is 0 Å². The van der Waals surface area contributed by atoms with Crippen molar-refractivity contribution in [1.29, 1.82) is 0 Å². The van der Waals surface area contributed by atoms with Gasteiger partial charge in [-0.3, -0.25) is 0 Å². The molecule has 1 fully saturated rings. The molecule has 3 rings (SSSR count). The molecule has 2 unspecified atom stereocenters. The van der Waals surface area contributed by atoms with E-state index in [1.807, 2.05) is 0 Å². The average molecular weight is 272 g/mol. The van der Waals surface area contributed by atoms with Crippen LogP contribution >= 0.6 is 23.2 Å². The van der Waals surface area contributed by atoms with Crippen molar-refractivity contribution in [3.8, 4) is 0 Å². The van der Waals surface area contributed by atoms with Gasteiger partial charge in [-0.15, -0.1) is 0 Å². The smallest absolute Gasteiger partial charge is 0.114 e. The molecule has 1 saturated heterocycles. The minimum atomic E-state index is -0.0125. The molecule has 90 valence electrons. The van der Waals surface area contributed by atoms with Crippen molar-refractivity contribution in [2.24, 2.45) is 5.73 Å². The van der Waals surface area contributed by atoms with Crippen molar-refractivity contribution in [2.45, 2.75) is 12.0 Å². The fraction of sp³-hybridized carbons (Fsp3) is 0.364. The molecule has 2 heterocycles. The van der Waals surface area contributed by atoms with Crippen molar-refractivity contribution in [3.63, 3.8) is 0 Å². The van der Waals surface area contributed by atoms with Crippen LogP contribution in [-0.4, -0.2) is 29.2 Å². The number of nitrogens with zero attached hydrogens (tertiary/aromatic N) is 1. The van der Waals surface area contributed by atoms with Crippen LogP contribution < -0.4 is 5.73 Å². The number of aromatic amines is 1. The lowest BCUT2D eigenvalue weighted by atomic mass is 10.0. The first-order chi connectivity index (χ1) is 8.15. The van der Waals surface area contributed by atoms with Gasteiger partial charge in [0.1, 0.15) is 5.82 Å². The molecule has 0 aliphatic carbocycles. The summed E-state index contributed by atoms with van der Waals surface area (Å²) in [5.74, 6) is 0.947. The summed E-state index contributed by atoms with van der Waals surface area (Å²) in [6.07, 6.45) is 0. The lowest BCUT2D eigenvalue weighted by Crippen LogP contribution is -2.27. The largest absolute Gasteiger partial charge is 0.379 e. The van der Waals surface area contributed by atoms with Crippen LogP contribution in [0.1, 0.15) is 11.7 Å². The summed E-state index contributed by atoms with van der Waals surface area (Å²) in [6.45, 7) is 1.17. The predicted octanol–water partition coefficient (Wildman–Crippen LogP) is 2.31. The van der Waals surface area contributed by atoms with E-state index < -0.39 is 0 Å². The number of nitrogens with two attached hydrogens (primary N) is 1. The van der Waals surface area contributed by atoms with Crippen molar-refractivity contribution < 1.29 is 4.74 Å². The molecule has 17 heavy (non-hydrogen) atoms. The Bertz CT molecular complexity index is 530. The van der Waals surface area contributed by atoms with Crippen LogP contribution in [0.2, 0.25) is 10.0 Å². The maximum Gasteiger partial charge on any atom is 0.114 e. The van der Waals surface area contributed by atoms with Crippen molar-refractivity contribution in [3.05, 3.63) is 28.0 Å². The van der Waals surface area contributed by atoms with E-state index in [0.717, 1.165) is 16.9 Å². The molecule has 0 spiro atoms. The van der Waals surface area contributed by atoms with E-state index in [1.165, 1.54) is 0 Å². The van der Waals surface area contributed by atoms with Gasteiger partial charge in [0, 0.05) is 6.04 Å². The number of nitrogens with one attached hydrogen (secondary N) is 1. The predicted molar refractivity (Wildman–Crippen MR) is 67.6 cm³/mol. The third-order valence-corrected chi connectivity index (χ3v) is 3.74. The van der Waals surface area contributed by atoms with E-state index in [0.29, 0.717) is 23.3 Å². The Kier molecular flexibility index (Phi) is 2.75. The van der Waals surface area contributed by atoms with E-state index in [4.69, 9.17) is 33.7 Å². The first-order valence-electron chi connectivity index (χ1n) is 5.33. The standard InChI is InChI=1S/C11H11Cl2N3O/c12-6-1-9-10(2-7(6)13)16-11(15-9)5-3-17-4-8(5)14/h1-2,5,8H,3-4,14H2,(H,15,16). The van der Waals surface area contributed by atoms with Crippen molar-refractivity contribution in [2.75, 3.05) is 13.2 Å². The van der Waals surface area contributed by atoms with Gasteiger partial charge >= 0.3 is 0 Å². The monoisotopic (exact) mass is 271 g/mol. The molecule has 1 aromatic carbocycles. The molecule has 1 aliphatic heterocycles. The molecule has 6 heteroatoms. The highest BCUT2D eigenvalue weighted by atomic mass is 35.5. The summed E-state index contributed by atoms with van der Waals surface area (Å²) in [5.41, 5.74) is 7.62. The summed E-state index contributed by atoms with van der Waals surface area (Å²) in [7, 11) is 0. The van der Waals surface area contributed by atoms with Crippen LogP contribution in [0.5, 0.6) is 0 Å². The molecule has 1 aromatic heterocycles. The minimum Gasteiger partial charge on any atom is -0.379 e. The maximum atomic E-state index is 5.96. The summed E-state index contributed by atoms with van der Waals surface area (Å²) < 4.78 is 5.33. The Morgan fingerprint density at radius 1 is 1.29 bits per heavy atom. The molecule has 4 nitrogen and oxygen atoms in total. The third kappa shape index (κ3) is 1.91. The number of benzene rings is 1. The van der Waals surface area contributed by atoms with E-state index in [1.54, 1.807) is 12.1 Å². The van der Waals surface area contributed by atoms with Crippen LogP contribution in [0.4, 0.5) is 0 Å². The fourth-order valence-electron chi connectivity index (χ4n) is 2.05. The molecular formula is C11H11Cl2N3O. The van der Waals surface area contributed by atoms with Gasteiger partial charge in [0.15, 0.2) is 0 Å². The van der Waals surface area contributed by atoms with Crippen molar-refractivity contribution in [1.82, 2.24) is 9.97 Å². The number of hydrogen-bond acceptors (Lipinski definition) is 3. The Morgan fingerprint density at radius 3 is 2.76 bits per heavy atom. The molecule has 0 amide bonds. The maximum absolute atomic E-state index is 5.96. The molecule has 2 atom stereocenters. The Morgan fingerprint density at radius 2 is 2.06 bits per heavy atom. The van der Waals surface area contributed by atoms with Crippen molar-refractivity contribution >= 4 is 34.2 Å². The zero-order chi connectivity index (χ0) is 12.0. The second-order valence-corrected chi connectivity index (χ2v) is 5.03. The summed E-state index contributed by atoms with van der Waals surface area (Å²) in [5, 5.41) is 1.02. The van der Waals surface area contributed by atoms with E-state index >= 15 is 0 Å². The number of fused-ring (bicyclic) bond motifs is 1. The summed E-state index contributed by atoms with van der Waals surface area (Å²) in [6, 6.07) is 3.51. The minimum absolute atomic E-state index is 0.0125. The van der Waals surface area contributed by atoms with Gasteiger partial charge in [0.25, 0.3) is 0 Å². The number of aromatic nitrogens is 2. The number of hydrogen-bond donors (Lipinski definition) is 2. The van der Waals surface area contributed by atoms with Crippen LogP contribution in [0.15, 0.2) is 12.1 Å². The lowest BCUT2D eigenvalue weighted by molar-refractivity contribution is 0.190. The zero-order valence-corrected chi connectivity index (χ0v) is 10.4. The number of halogens is 2. The first-order valence-corrected chi connectivity index (χ1v) is 6.08. The normalized spacial score (nSPS) is 24.6. The quantitative estimate of drug-likeness (QED) is 0.837. The number of ether oxygens (including phenoxy) is 1. The van der Waals surface area contributed by atoms with Gasteiger partial charge in [0.05, 0.1) is 40.2 Å². The molecule has 0 bridgehead atoms. The van der Waals surface area contributed by atoms with E-state index in [-0.39, 0.29) is 12.0 Å². The third-order valence-electron chi connectivity index (χ3n) is 3.02. The second-order valence-electron chi connectivity index (χ2n) is 4.21. The number of H-pyrrole nitrogens is 1. The molecule has 0 saturated carbocycles. The van der Waals surface area contributed by atoms with E-state index in [2.05, 4.69) is 9.97 Å². The number of rotatable bonds is 1. The van der Waals surface area contributed by atoms with Gasteiger partial charge in [-0.1, -0.05) is 23.2 Å². The molecule has 2 aromatic rings. The summed E-state index contributed by atoms with van der Waals surface area (Å²) >= 11 is 11.9. The van der Waals surface area contributed by atoms with Gasteiger partial charge in [0.2, 0.25) is 0 Å². The highest BCUT2D eigenvalue weighted by molar-refractivity contribution is 6.42. The van der Waals surface area contributed by atoms with Gasteiger partial charge in [-0.2, -0.15) is 0 Å². The van der Waals surface area contributed by atoms with Crippen LogP contribution in [-0.2, 0) is 4.74 Å². The van der Waals surface area contributed by atoms with Gasteiger partial charge in [-0.05, 0) is 12.1 Å². The molecule has 0 radical (unpaired) electrons. The topological polar surface area (TPSA) is 63.9 Å². The Balaban J connectivity index is 2.07. The first kappa shape index (κ1) is 11.3. The molecule has 1 aliphatic rings. The van der Waals surface area contributed by atoms with Gasteiger partial charge in [-0.25, -0.2) is 4.98 Å². The van der Waals surface area contributed by atoms with Crippen LogP contribution in [0, 0.1) is 0 Å². The van der Waals surface area contributed by atoms with Crippen LogP contribution in [0.3, 0.4) is 0 Å².